The number of nitrogens with zero attached hydrogens (tertiary/aromatic N) is 2. The second-order valence-corrected chi connectivity index (χ2v) is 13.5. The molecule has 4 aromatic carbocycles. The molecule has 0 saturated heterocycles. The molecule has 0 radical (unpaired) electrons. The van der Waals surface area contributed by atoms with Crippen LogP contribution in [0.1, 0.15) is 12.8 Å². The number of anilines is 2. The van der Waals surface area contributed by atoms with Crippen molar-refractivity contribution in [3.05, 3.63) is 109 Å². The van der Waals surface area contributed by atoms with Gasteiger partial charge in [0.05, 0.1) is 17.1 Å². The van der Waals surface area contributed by atoms with Gasteiger partial charge in [-0.2, -0.15) is 16.8 Å². The van der Waals surface area contributed by atoms with Crippen LogP contribution in [-0.4, -0.2) is 50.3 Å². The fourth-order valence-electron chi connectivity index (χ4n) is 5.37. The fourth-order valence-corrected chi connectivity index (χ4v) is 6.57. The zero-order valence-corrected chi connectivity index (χ0v) is 25.1. The second-order valence-electron chi connectivity index (χ2n) is 10.5. The van der Waals surface area contributed by atoms with Gasteiger partial charge in [-0.25, -0.2) is 0 Å². The summed E-state index contributed by atoms with van der Waals surface area (Å²) in [6.07, 6.45) is 1.32. The summed E-state index contributed by atoms with van der Waals surface area (Å²) >= 11 is 0. The molecular formula is C32H30N2O8S2. The van der Waals surface area contributed by atoms with Crippen molar-refractivity contribution in [2.24, 2.45) is 0 Å². The van der Waals surface area contributed by atoms with Crippen LogP contribution in [0, 0.1) is 0 Å². The van der Waals surface area contributed by atoms with Crippen LogP contribution in [0.2, 0.25) is 0 Å². The lowest BCUT2D eigenvalue weighted by Crippen LogP contribution is -2.38. The van der Waals surface area contributed by atoms with Gasteiger partial charge in [0, 0.05) is 12.6 Å². The van der Waals surface area contributed by atoms with Crippen molar-refractivity contribution in [3.63, 3.8) is 0 Å². The third-order valence-corrected chi connectivity index (χ3v) is 8.80. The topological polar surface area (TPSA) is 134 Å². The van der Waals surface area contributed by atoms with Crippen molar-refractivity contribution < 1.29 is 35.4 Å². The first kappa shape index (κ1) is 29.7. The van der Waals surface area contributed by atoms with Gasteiger partial charge < -0.3 is 19.3 Å². The van der Waals surface area contributed by atoms with Gasteiger partial charge in [0.1, 0.15) is 11.6 Å². The summed E-state index contributed by atoms with van der Waals surface area (Å²) in [5.41, 5.74) is 4.97. The normalized spacial score (nSPS) is 16.9. The minimum Gasteiger partial charge on any atom is -0.464 e. The SMILES string of the molecule is O=S(=O)(O)CCCCN1C(=CC2Oc3ccc(-c4ccccc4)cc3N2CS(=O)(=O)O)Oc2ccc(-c3ccccc3)cc21. The van der Waals surface area contributed by atoms with Crippen LogP contribution in [-0.2, 0) is 20.2 Å². The van der Waals surface area contributed by atoms with Crippen LogP contribution in [0.3, 0.4) is 0 Å². The van der Waals surface area contributed by atoms with E-state index in [1.54, 1.807) is 12.1 Å². The van der Waals surface area contributed by atoms with Gasteiger partial charge in [-0.3, -0.25) is 9.11 Å². The maximum absolute atomic E-state index is 12.1. The van der Waals surface area contributed by atoms with E-state index in [0.717, 1.165) is 27.9 Å². The highest BCUT2D eigenvalue weighted by molar-refractivity contribution is 7.86. The Morgan fingerprint density at radius 1 is 0.682 bits per heavy atom. The van der Waals surface area contributed by atoms with Gasteiger partial charge in [0.2, 0.25) is 5.88 Å². The van der Waals surface area contributed by atoms with Gasteiger partial charge in [0.25, 0.3) is 20.2 Å². The Labute approximate surface area is 256 Å². The van der Waals surface area contributed by atoms with E-state index in [0.29, 0.717) is 36.0 Å². The minimum atomic E-state index is -4.45. The number of hydrogen-bond donors (Lipinski definition) is 2. The van der Waals surface area contributed by atoms with E-state index >= 15 is 0 Å². The number of hydrogen-bond acceptors (Lipinski definition) is 8. The Morgan fingerprint density at radius 3 is 1.86 bits per heavy atom. The average Bonchev–Trinajstić information content (AvgIpc) is 3.51. The average molecular weight is 635 g/mol. The van der Waals surface area contributed by atoms with Crippen molar-refractivity contribution in [1.82, 2.24) is 0 Å². The third kappa shape index (κ3) is 6.73. The lowest BCUT2D eigenvalue weighted by atomic mass is 10.0. The van der Waals surface area contributed by atoms with Gasteiger partial charge >= 0.3 is 0 Å². The van der Waals surface area contributed by atoms with Crippen molar-refractivity contribution in [1.29, 1.82) is 0 Å². The van der Waals surface area contributed by atoms with Crippen LogP contribution >= 0.6 is 0 Å². The molecule has 0 fully saturated rings. The zero-order valence-electron chi connectivity index (χ0n) is 23.5. The summed E-state index contributed by atoms with van der Waals surface area (Å²) in [5.74, 6) is 0.278. The Kier molecular flexibility index (Phi) is 8.08. The summed E-state index contributed by atoms with van der Waals surface area (Å²) < 4.78 is 78.4. The van der Waals surface area contributed by atoms with Crippen LogP contribution < -0.4 is 19.3 Å². The fraction of sp³-hybridized carbons (Fsp3) is 0.188. The molecule has 10 nitrogen and oxygen atoms in total. The lowest BCUT2D eigenvalue weighted by Gasteiger charge is -2.24. The molecule has 1 atom stereocenters. The highest BCUT2D eigenvalue weighted by Gasteiger charge is 2.36. The molecule has 2 heterocycles. The van der Waals surface area contributed by atoms with Crippen LogP contribution in [0.25, 0.3) is 22.3 Å². The molecule has 0 saturated carbocycles. The maximum atomic E-state index is 12.1. The first-order valence-electron chi connectivity index (χ1n) is 13.9. The van der Waals surface area contributed by atoms with Gasteiger partial charge in [-0.05, 0) is 59.4 Å². The lowest BCUT2D eigenvalue weighted by molar-refractivity contribution is 0.269. The van der Waals surface area contributed by atoms with Gasteiger partial charge in [-0.15, -0.1) is 0 Å². The first-order valence-corrected chi connectivity index (χ1v) is 17.2. The summed E-state index contributed by atoms with van der Waals surface area (Å²) in [6.45, 7) is 0.350. The molecule has 1 unspecified atom stereocenters. The predicted octanol–water partition coefficient (Wildman–Crippen LogP) is 5.80. The molecule has 0 amide bonds. The third-order valence-electron chi connectivity index (χ3n) is 7.39. The number of fused-ring (bicyclic) bond motifs is 2. The molecule has 44 heavy (non-hydrogen) atoms. The van der Waals surface area contributed by atoms with Crippen molar-refractivity contribution in [3.8, 4) is 33.8 Å². The van der Waals surface area contributed by atoms with E-state index in [-0.39, 0.29) is 12.2 Å². The van der Waals surface area contributed by atoms with E-state index in [1.165, 1.54) is 4.90 Å². The highest BCUT2D eigenvalue weighted by Crippen LogP contribution is 2.44. The number of ether oxygens (including phenoxy) is 2. The largest absolute Gasteiger partial charge is 0.464 e. The molecule has 2 N–H and O–H groups in total. The van der Waals surface area contributed by atoms with Gasteiger partial charge in [-0.1, -0.05) is 72.8 Å². The standard InChI is InChI=1S/C32H30N2O8S2/c35-43(36,37)18-8-7-17-33-27-19-25(23-9-3-1-4-10-23)13-15-29(27)41-31(33)21-32-34(22-44(38,39)40)28-20-26(14-16-30(28)42-32)24-11-5-2-6-12-24/h1-6,9-16,19-21,32H,7-8,17-18,22H2,(H,35,36,37)(H,38,39,40). The van der Waals surface area contributed by atoms with E-state index < -0.39 is 32.3 Å². The number of benzene rings is 4. The minimum absolute atomic E-state index is 0.221. The van der Waals surface area contributed by atoms with Crippen LogP contribution in [0.5, 0.6) is 11.5 Å². The van der Waals surface area contributed by atoms with E-state index in [9.17, 15) is 25.9 Å². The van der Waals surface area contributed by atoms with Gasteiger partial charge in [0.15, 0.2) is 12.0 Å². The molecule has 6 rings (SSSR count). The molecule has 2 aliphatic heterocycles. The quantitative estimate of drug-likeness (QED) is 0.163. The number of unbranched alkanes of at least 4 members (excludes halogenated alkanes) is 1. The zero-order chi connectivity index (χ0) is 30.9. The molecular weight excluding hydrogens is 604 g/mol. The molecule has 0 aliphatic carbocycles. The molecule has 0 aromatic heterocycles. The molecule has 4 aromatic rings. The van der Waals surface area contributed by atoms with E-state index in [4.69, 9.17) is 9.47 Å². The molecule has 12 heteroatoms. The first-order chi connectivity index (χ1) is 21.0. The highest BCUT2D eigenvalue weighted by atomic mass is 32.2. The Bertz CT molecular complexity index is 1910. The molecule has 2 aliphatic rings. The molecule has 0 spiro atoms. The van der Waals surface area contributed by atoms with Crippen molar-refractivity contribution in [2.75, 3.05) is 28.0 Å². The molecule has 0 bridgehead atoms. The van der Waals surface area contributed by atoms with Crippen LogP contribution in [0.4, 0.5) is 11.4 Å². The summed E-state index contributed by atoms with van der Waals surface area (Å²) in [4.78, 5) is 3.32. The number of rotatable bonds is 10. The van der Waals surface area contributed by atoms with Crippen molar-refractivity contribution in [2.45, 2.75) is 19.1 Å². The Hall–Kier alpha value is -4.36. The van der Waals surface area contributed by atoms with Crippen molar-refractivity contribution >= 4 is 31.6 Å². The molecule has 228 valence electrons. The predicted molar refractivity (Wildman–Crippen MR) is 169 cm³/mol. The maximum Gasteiger partial charge on any atom is 0.283 e. The summed E-state index contributed by atoms with van der Waals surface area (Å²) in [7, 11) is -8.55. The van der Waals surface area contributed by atoms with E-state index in [2.05, 4.69) is 0 Å². The summed E-state index contributed by atoms with van der Waals surface area (Å²) in [5, 5.41) is 0. The second kappa shape index (κ2) is 12.0. The van der Waals surface area contributed by atoms with E-state index in [1.807, 2.05) is 95.9 Å². The Morgan fingerprint density at radius 2 is 1.27 bits per heavy atom. The van der Waals surface area contributed by atoms with Crippen LogP contribution in [0.15, 0.2) is 109 Å². The summed E-state index contributed by atoms with van der Waals surface area (Å²) in [6, 6.07) is 30.6. The monoisotopic (exact) mass is 634 g/mol. The smallest absolute Gasteiger partial charge is 0.283 e. The Balaban J connectivity index is 1.35.